The first-order valence-electron chi connectivity index (χ1n) is 6.30. The molecule has 2 N–H and O–H groups in total. The van der Waals surface area contributed by atoms with Gasteiger partial charge >= 0.3 is 0 Å². The summed E-state index contributed by atoms with van der Waals surface area (Å²) in [7, 11) is 0. The Morgan fingerprint density at radius 2 is 2.30 bits per heavy atom. The van der Waals surface area contributed by atoms with E-state index in [1.54, 1.807) is 0 Å². The van der Waals surface area contributed by atoms with Gasteiger partial charge in [-0.3, -0.25) is 4.79 Å². The Labute approximate surface area is 126 Å². The second-order valence-corrected chi connectivity index (χ2v) is 5.99. The van der Waals surface area contributed by atoms with Crippen molar-refractivity contribution in [2.45, 2.75) is 12.5 Å². The molecule has 108 valence electrons. The third-order valence-corrected chi connectivity index (χ3v) is 4.61. The smallest absolute Gasteiger partial charge is 0.246 e. The van der Waals surface area contributed by atoms with Gasteiger partial charge in [0.25, 0.3) is 0 Å². The van der Waals surface area contributed by atoms with Crippen LogP contribution in [0.4, 0.5) is 0 Å². The van der Waals surface area contributed by atoms with Gasteiger partial charge in [-0.25, -0.2) is 0 Å². The summed E-state index contributed by atoms with van der Waals surface area (Å²) in [6.45, 7) is 2.48. The van der Waals surface area contributed by atoms with Crippen LogP contribution in [0, 0.1) is 0 Å². The van der Waals surface area contributed by atoms with Crippen LogP contribution < -0.4 is 5.32 Å². The van der Waals surface area contributed by atoms with Gasteiger partial charge in [0.1, 0.15) is 12.2 Å². The van der Waals surface area contributed by atoms with E-state index in [1.165, 1.54) is 22.7 Å². The van der Waals surface area contributed by atoms with E-state index in [4.69, 9.17) is 4.74 Å². The van der Waals surface area contributed by atoms with Gasteiger partial charge in [-0.2, -0.15) is 11.3 Å². The molecule has 0 aliphatic rings. The number of nitrogens with one attached hydrogen (secondary N) is 1. The largest absolute Gasteiger partial charge is 0.378 e. The molecule has 1 unspecified atom stereocenters. The summed E-state index contributed by atoms with van der Waals surface area (Å²) in [4.78, 5) is 12.5. The third kappa shape index (κ3) is 3.46. The predicted octanol–water partition coefficient (Wildman–Crippen LogP) is 2.20. The SMILES string of the molecule is CCOCC(=O)NCC(O)(c1ccsc1)c1cccs1. The molecule has 0 fully saturated rings. The van der Waals surface area contributed by atoms with Crippen LogP contribution in [-0.4, -0.2) is 30.8 Å². The molecule has 2 rings (SSSR count). The summed E-state index contributed by atoms with van der Waals surface area (Å²) < 4.78 is 5.05. The second kappa shape index (κ2) is 6.99. The molecule has 0 bridgehead atoms. The van der Waals surface area contributed by atoms with E-state index in [0.717, 1.165) is 10.4 Å². The van der Waals surface area contributed by atoms with Crippen molar-refractivity contribution in [2.75, 3.05) is 19.8 Å². The number of hydrogen-bond acceptors (Lipinski definition) is 5. The summed E-state index contributed by atoms with van der Waals surface area (Å²) in [5.74, 6) is -0.225. The molecule has 1 atom stereocenters. The molecule has 1 amide bonds. The molecule has 0 spiro atoms. The average molecular weight is 311 g/mol. The van der Waals surface area contributed by atoms with Gasteiger partial charge in [-0.1, -0.05) is 6.07 Å². The van der Waals surface area contributed by atoms with Crippen molar-refractivity contribution in [2.24, 2.45) is 0 Å². The Morgan fingerprint density at radius 3 is 2.90 bits per heavy atom. The van der Waals surface area contributed by atoms with E-state index in [0.29, 0.717) is 6.61 Å². The van der Waals surface area contributed by atoms with Gasteiger partial charge in [0.15, 0.2) is 0 Å². The third-order valence-electron chi connectivity index (χ3n) is 2.91. The van der Waals surface area contributed by atoms with Gasteiger partial charge in [0.05, 0.1) is 6.54 Å². The molecule has 2 heterocycles. The zero-order valence-corrected chi connectivity index (χ0v) is 12.8. The minimum absolute atomic E-state index is 0.0145. The summed E-state index contributed by atoms with van der Waals surface area (Å²) in [5, 5.41) is 19.4. The van der Waals surface area contributed by atoms with E-state index in [1.807, 2.05) is 41.3 Å². The molecule has 0 radical (unpaired) electrons. The maximum Gasteiger partial charge on any atom is 0.246 e. The summed E-state index contributed by atoms with van der Waals surface area (Å²) in [6.07, 6.45) is 0. The Kier molecular flexibility index (Phi) is 5.31. The van der Waals surface area contributed by atoms with E-state index in [9.17, 15) is 9.90 Å². The lowest BCUT2D eigenvalue weighted by atomic mass is 9.94. The highest BCUT2D eigenvalue weighted by Gasteiger charge is 2.33. The summed E-state index contributed by atoms with van der Waals surface area (Å²) >= 11 is 2.99. The van der Waals surface area contributed by atoms with Crippen LogP contribution >= 0.6 is 22.7 Å². The highest BCUT2D eigenvalue weighted by Crippen LogP contribution is 2.33. The van der Waals surface area contributed by atoms with E-state index >= 15 is 0 Å². The molecule has 0 saturated carbocycles. The lowest BCUT2D eigenvalue weighted by Crippen LogP contribution is -2.42. The van der Waals surface area contributed by atoms with Crippen molar-refractivity contribution < 1.29 is 14.6 Å². The van der Waals surface area contributed by atoms with Crippen molar-refractivity contribution in [3.63, 3.8) is 0 Å². The molecule has 6 heteroatoms. The van der Waals surface area contributed by atoms with Gasteiger partial charge in [-0.15, -0.1) is 11.3 Å². The summed E-state index contributed by atoms with van der Waals surface area (Å²) in [5.41, 5.74) is -0.391. The van der Waals surface area contributed by atoms with Crippen LogP contribution in [0.3, 0.4) is 0 Å². The fourth-order valence-corrected chi connectivity index (χ4v) is 3.39. The Hall–Kier alpha value is -1.21. The highest BCUT2D eigenvalue weighted by molar-refractivity contribution is 7.10. The molecule has 0 aromatic carbocycles. The fraction of sp³-hybridized carbons (Fsp3) is 0.357. The molecular weight excluding hydrogens is 294 g/mol. The number of hydrogen-bond donors (Lipinski definition) is 2. The van der Waals surface area contributed by atoms with Crippen LogP contribution in [-0.2, 0) is 15.1 Å². The normalized spacial score (nSPS) is 13.9. The number of ether oxygens (including phenoxy) is 1. The van der Waals surface area contributed by atoms with Crippen molar-refractivity contribution in [1.29, 1.82) is 0 Å². The molecule has 0 saturated heterocycles. The Morgan fingerprint density at radius 1 is 1.45 bits per heavy atom. The molecule has 0 aliphatic heterocycles. The van der Waals surface area contributed by atoms with E-state index in [-0.39, 0.29) is 19.1 Å². The van der Waals surface area contributed by atoms with Crippen LogP contribution in [0.5, 0.6) is 0 Å². The fourth-order valence-electron chi connectivity index (χ4n) is 1.82. The van der Waals surface area contributed by atoms with E-state index in [2.05, 4.69) is 5.32 Å². The first kappa shape index (κ1) is 15.2. The van der Waals surface area contributed by atoms with Crippen LogP contribution in [0.2, 0.25) is 0 Å². The first-order chi connectivity index (χ1) is 9.66. The number of aliphatic hydroxyl groups is 1. The molecule has 2 aromatic heterocycles. The highest BCUT2D eigenvalue weighted by atomic mass is 32.1. The number of carbonyl (C=O) groups is 1. The molecule has 20 heavy (non-hydrogen) atoms. The lowest BCUT2D eigenvalue weighted by molar-refractivity contribution is -0.126. The zero-order valence-electron chi connectivity index (χ0n) is 11.2. The maximum absolute atomic E-state index is 11.6. The minimum atomic E-state index is -1.18. The molecule has 0 aliphatic carbocycles. The van der Waals surface area contributed by atoms with Crippen molar-refractivity contribution in [3.8, 4) is 0 Å². The van der Waals surface area contributed by atoms with Crippen LogP contribution in [0.25, 0.3) is 0 Å². The zero-order chi connectivity index (χ0) is 14.4. The van der Waals surface area contributed by atoms with Gasteiger partial charge < -0.3 is 15.2 Å². The van der Waals surface area contributed by atoms with Gasteiger partial charge in [-0.05, 0) is 35.2 Å². The van der Waals surface area contributed by atoms with Crippen molar-refractivity contribution in [1.82, 2.24) is 5.32 Å². The lowest BCUT2D eigenvalue weighted by Gasteiger charge is -2.26. The quantitative estimate of drug-likeness (QED) is 0.824. The van der Waals surface area contributed by atoms with Gasteiger partial charge in [0.2, 0.25) is 5.91 Å². The molecule has 2 aromatic rings. The Balaban J connectivity index is 2.11. The number of amides is 1. The number of thiophene rings is 2. The van der Waals surface area contributed by atoms with Gasteiger partial charge in [0, 0.05) is 17.0 Å². The number of carbonyl (C=O) groups excluding carboxylic acids is 1. The maximum atomic E-state index is 11.6. The van der Waals surface area contributed by atoms with E-state index < -0.39 is 5.60 Å². The standard InChI is InChI=1S/C14H17NO3S2/c1-2-18-8-13(16)15-10-14(17,11-5-7-19-9-11)12-4-3-6-20-12/h3-7,9,17H,2,8,10H2,1H3,(H,15,16). The summed E-state index contributed by atoms with van der Waals surface area (Å²) in [6, 6.07) is 5.63. The molecule has 4 nitrogen and oxygen atoms in total. The van der Waals surface area contributed by atoms with Crippen LogP contribution in [0.15, 0.2) is 34.3 Å². The van der Waals surface area contributed by atoms with Crippen LogP contribution in [0.1, 0.15) is 17.4 Å². The van der Waals surface area contributed by atoms with Crippen molar-refractivity contribution >= 4 is 28.6 Å². The van der Waals surface area contributed by atoms with Crippen molar-refractivity contribution in [3.05, 3.63) is 44.8 Å². The first-order valence-corrected chi connectivity index (χ1v) is 8.12. The average Bonchev–Trinajstić information content (AvgIpc) is 3.14. The second-order valence-electron chi connectivity index (χ2n) is 4.26. The number of rotatable bonds is 7. The minimum Gasteiger partial charge on any atom is -0.378 e. The Bertz CT molecular complexity index is 488. The predicted molar refractivity (Wildman–Crippen MR) is 81.1 cm³/mol. The monoisotopic (exact) mass is 311 g/mol. The topological polar surface area (TPSA) is 58.6 Å². The molecular formula is C14H17NO3S2.